The Morgan fingerprint density at radius 2 is 1.95 bits per heavy atom. The topological polar surface area (TPSA) is 12.0 Å². The normalized spacial score (nSPS) is 12.4. The van der Waals surface area contributed by atoms with Crippen LogP contribution in [0.2, 0.25) is 10.0 Å². The van der Waals surface area contributed by atoms with E-state index in [0.29, 0.717) is 22.0 Å². The Hall–Kier alpha value is -1.09. The molecule has 1 atom stereocenters. The molecule has 1 N–H and O–H groups in total. The summed E-state index contributed by atoms with van der Waals surface area (Å²) in [6.45, 7) is 1.87. The summed E-state index contributed by atoms with van der Waals surface area (Å²) in [5.74, 6) is -0.206. The molecule has 2 rings (SSSR count). The number of halogens is 3. The molecule has 0 bridgehead atoms. The van der Waals surface area contributed by atoms with E-state index in [2.05, 4.69) is 5.32 Å². The van der Waals surface area contributed by atoms with Crippen LogP contribution in [0, 0.1) is 12.7 Å². The summed E-state index contributed by atoms with van der Waals surface area (Å²) in [6, 6.07) is 10.6. The van der Waals surface area contributed by atoms with Crippen molar-refractivity contribution in [3.05, 3.63) is 69.0 Å². The van der Waals surface area contributed by atoms with Gasteiger partial charge in [0, 0.05) is 11.6 Å². The lowest BCUT2D eigenvalue weighted by atomic mass is 9.97. The van der Waals surface area contributed by atoms with E-state index in [9.17, 15) is 4.39 Å². The third-order valence-electron chi connectivity index (χ3n) is 3.34. The van der Waals surface area contributed by atoms with Gasteiger partial charge < -0.3 is 5.32 Å². The maximum Gasteiger partial charge on any atom is 0.128 e. The van der Waals surface area contributed by atoms with E-state index in [1.807, 2.05) is 38.2 Å². The zero-order valence-electron chi connectivity index (χ0n) is 11.4. The van der Waals surface area contributed by atoms with Crippen molar-refractivity contribution in [3.8, 4) is 0 Å². The van der Waals surface area contributed by atoms with Crippen molar-refractivity contribution < 1.29 is 4.39 Å². The lowest BCUT2D eigenvalue weighted by molar-refractivity contribution is 0.533. The molecule has 0 aliphatic rings. The molecule has 0 fully saturated rings. The highest BCUT2D eigenvalue weighted by Crippen LogP contribution is 2.30. The minimum atomic E-state index is -0.206. The summed E-state index contributed by atoms with van der Waals surface area (Å²) in [4.78, 5) is 0. The monoisotopic (exact) mass is 311 g/mol. The van der Waals surface area contributed by atoms with Gasteiger partial charge in [0.25, 0.3) is 0 Å². The highest BCUT2D eigenvalue weighted by Gasteiger charge is 2.16. The number of aryl methyl sites for hydroxylation is 1. The van der Waals surface area contributed by atoms with Crippen LogP contribution in [0.1, 0.15) is 22.7 Å². The van der Waals surface area contributed by atoms with Gasteiger partial charge in [0.2, 0.25) is 0 Å². The van der Waals surface area contributed by atoms with E-state index in [0.717, 1.165) is 11.1 Å². The molecule has 0 saturated heterocycles. The van der Waals surface area contributed by atoms with E-state index in [-0.39, 0.29) is 11.9 Å². The van der Waals surface area contributed by atoms with E-state index in [1.54, 1.807) is 12.1 Å². The molecule has 2 aromatic carbocycles. The van der Waals surface area contributed by atoms with Gasteiger partial charge in [0.15, 0.2) is 0 Å². The lowest BCUT2D eigenvalue weighted by Gasteiger charge is -2.19. The molecule has 0 radical (unpaired) electrons. The second-order valence-electron chi connectivity index (χ2n) is 4.78. The van der Waals surface area contributed by atoms with Gasteiger partial charge in [-0.1, -0.05) is 47.5 Å². The zero-order valence-corrected chi connectivity index (χ0v) is 12.9. The molecule has 0 amide bonds. The summed E-state index contributed by atoms with van der Waals surface area (Å²) in [5.41, 5.74) is 2.44. The fraction of sp³-hybridized carbons (Fsp3) is 0.250. The van der Waals surface area contributed by atoms with Crippen molar-refractivity contribution in [2.75, 3.05) is 7.05 Å². The molecule has 0 heterocycles. The first-order valence-corrected chi connectivity index (χ1v) is 7.14. The molecule has 0 spiro atoms. The van der Waals surface area contributed by atoms with Crippen molar-refractivity contribution in [2.24, 2.45) is 0 Å². The average molecular weight is 312 g/mol. The summed E-state index contributed by atoms with van der Waals surface area (Å²) < 4.78 is 14.1. The second kappa shape index (κ2) is 6.57. The van der Waals surface area contributed by atoms with Crippen LogP contribution in [0.3, 0.4) is 0 Å². The van der Waals surface area contributed by atoms with Gasteiger partial charge in [0.05, 0.1) is 10.0 Å². The highest BCUT2D eigenvalue weighted by molar-refractivity contribution is 6.42. The predicted molar refractivity (Wildman–Crippen MR) is 83.1 cm³/mol. The van der Waals surface area contributed by atoms with Crippen LogP contribution in [0.15, 0.2) is 36.4 Å². The Labute approximate surface area is 128 Å². The fourth-order valence-electron chi connectivity index (χ4n) is 2.21. The number of hydrogen-bond donors (Lipinski definition) is 1. The van der Waals surface area contributed by atoms with Crippen LogP contribution < -0.4 is 5.32 Å². The van der Waals surface area contributed by atoms with Crippen molar-refractivity contribution in [2.45, 2.75) is 19.4 Å². The Bertz CT molecular complexity index is 613. The Morgan fingerprint density at radius 3 is 2.60 bits per heavy atom. The molecule has 0 aliphatic heterocycles. The van der Waals surface area contributed by atoms with Gasteiger partial charge in [0.1, 0.15) is 5.82 Å². The fourth-order valence-corrected chi connectivity index (χ4v) is 2.61. The minimum Gasteiger partial charge on any atom is -0.313 e. The minimum absolute atomic E-state index is 0.147. The van der Waals surface area contributed by atoms with Gasteiger partial charge in [-0.05, 0) is 43.7 Å². The number of benzene rings is 2. The molecule has 0 aromatic heterocycles. The molecule has 0 aliphatic carbocycles. The van der Waals surface area contributed by atoms with E-state index < -0.39 is 0 Å². The van der Waals surface area contributed by atoms with Crippen molar-refractivity contribution in [3.63, 3.8) is 0 Å². The van der Waals surface area contributed by atoms with Crippen molar-refractivity contribution in [1.82, 2.24) is 5.32 Å². The number of hydrogen-bond acceptors (Lipinski definition) is 1. The number of likely N-dealkylation sites (N-methyl/N-ethyl adjacent to an activating group) is 1. The second-order valence-corrected chi connectivity index (χ2v) is 5.57. The quantitative estimate of drug-likeness (QED) is 0.843. The third kappa shape index (κ3) is 3.32. The molecule has 106 valence electrons. The van der Waals surface area contributed by atoms with Gasteiger partial charge in [-0.15, -0.1) is 0 Å². The predicted octanol–water partition coefficient (Wildman–Crippen LogP) is 4.94. The Morgan fingerprint density at radius 1 is 1.20 bits per heavy atom. The molecular formula is C16H16Cl2FN. The standard InChI is InChI=1S/C16H16Cl2FN/c1-10-6-7-12(14(19)8-10)15(20-2)9-11-4-3-5-13(17)16(11)18/h3-8,15,20H,9H2,1-2H3. The van der Waals surface area contributed by atoms with Gasteiger partial charge in [-0.3, -0.25) is 0 Å². The van der Waals surface area contributed by atoms with E-state index in [4.69, 9.17) is 23.2 Å². The van der Waals surface area contributed by atoms with Crippen LogP contribution in [0.4, 0.5) is 4.39 Å². The summed E-state index contributed by atoms with van der Waals surface area (Å²) in [7, 11) is 1.81. The molecule has 1 nitrogen and oxygen atoms in total. The smallest absolute Gasteiger partial charge is 0.128 e. The molecule has 20 heavy (non-hydrogen) atoms. The lowest BCUT2D eigenvalue weighted by Crippen LogP contribution is -2.20. The Balaban J connectivity index is 2.31. The van der Waals surface area contributed by atoms with Crippen LogP contribution in [0.25, 0.3) is 0 Å². The third-order valence-corrected chi connectivity index (χ3v) is 4.19. The van der Waals surface area contributed by atoms with Gasteiger partial charge in [-0.25, -0.2) is 4.39 Å². The van der Waals surface area contributed by atoms with Crippen LogP contribution in [-0.2, 0) is 6.42 Å². The first-order valence-electron chi connectivity index (χ1n) is 6.39. The summed E-state index contributed by atoms with van der Waals surface area (Å²) in [6.07, 6.45) is 0.579. The molecule has 4 heteroatoms. The summed E-state index contributed by atoms with van der Waals surface area (Å²) in [5, 5.41) is 4.18. The largest absolute Gasteiger partial charge is 0.313 e. The maximum absolute atomic E-state index is 14.1. The molecule has 0 saturated carbocycles. The first kappa shape index (κ1) is 15.3. The van der Waals surface area contributed by atoms with Gasteiger partial charge in [-0.2, -0.15) is 0 Å². The molecule has 1 unspecified atom stereocenters. The van der Waals surface area contributed by atoms with Crippen LogP contribution in [0.5, 0.6) is 0 Å². The maximum atomic E-state index is 14.1. The molecule has 2 aromatic rings. The summed E-state index contributed by atoms with van der Waals surface area (Å²) >= 11 is 12.2. The van der Waals surface area contributed by atoms with Gasteiger partial charge >= 0.3 is 0 Å². The zero-order chi connectivity index (χ0) is 14.7. The van der Waals surface area contributed by atoms with Crippen LogP contribution in [-0.4, -0.2) is 7.05 Å². The number of rotatable bonds is 4. The SMILES string of the molecule is CNC(Cc1cccc(Cl)c1Cl)c1ccc(C)cc1F. The van der Waals surface area contributed by atoms with Crippen molar-refractivity contribution in [1.29, 1.82) is 0 Å². The first-order chi connectivity index (χ1) is 9.52. The molecular weight excluding hydrogens is 296 g/mol. The van der Waals surface area contributed by atoms with E-state index in [1.165, 1.54) is 0 Å². The van der Waals surface area contributed by atoms with E-state index >= 15 is 0 Å². The Kier molecular flexibility index (Phi) is 5.03. The highest BCUT2D eigenvalue weighted by atomic mass is 35.5. The average Bonchev–Trinajstić information content (AvgIpc) is 2.41. The van der Waals surface area contributed by atoms with Crippen molar-refractivity contribution >= 4 is 23.2 Å². The number of nitrogens with one attached hydrogen (secondary N) is 1. The van der Waals surface area contributed by atoms with Crippen LogP contribution >= 0.6 is 23.2 Å².